The molecule has 1 saturated heterocycles. The zero-order valence-corrected chi connectivity index (χ0v) is 9.67. The molecule has 2 rings (SSSR count). The third kappa shape index (κ3) is 2.42. The molecule has 1 aromatic rings. The number of carbonyl (C=O) groups excluding carboxylic acids is 1. The van der Waals surface area contributed by atoms with Crippen molar-refractivity contribution in [2.24, 2.45) is 0 Å². The summed E-state index contributed by atoms with van der Waals surface area (Å²) in [6, 6.07) is 4.80. The second kappa shape index (κ2) is 4.19. The van der Waals surface area contributed by atoms with Crippen molar-refractivity contribution in [3.63, 3.8) is 0 Å². The molecule has 1 amide bonds. The number of nitrogens with one attached hydrogen (secondary N) is 1. The molecule has 0 aliphatic carbocycles. The molecule has 1 N–H and O–H groups in total. The molecular weight excluding hydrogens is 247 g/mol. The lowest BCUT2D eigenvalue weighted by atomic mass is 9.88. The average Bonchev–Trinajstić information content (AvgIpc) is 2.28. The van der Waals surface area contributed by atoms with Crippen LogP contribution in [0.1, 0.15) is 24.5 Å². The Hall–Kier alpha value is -1.72. The molecule has 1 heterocycles. The summed E-state index contributed by atoms with van der Waals surface area (Å²) >= 11 is 0. The van der Waals surface area contributed by atoms with Gasteiger partial charge in [0.2, 0.25) is 0 Å². The lowest BCUT2D eigenvalue weighted by Crippen LogP contribution is -2.48. The molecule has 0 aromatic heterocycles. The fraction of sp³-hybridized carbons (Fsp3) is 0.417. The minimum Gasteiger partial charge on any atom is -0.449 e. The number of carbonyl (C=O) groups is 1. The van der Waals surface area contributed by atoms with Crippen LogP contribution in [0.25, 0.3) is 0 Å². The summed E-state index contributed by atoms with van der Waals surface area (Å²) in [5.74, 6) is 0. The number of ether oxygens (including phenoxy) is 1. The van der Waals surface area contributed by atoms with E-state index in [0.29, 0.717) is 12.0 Å². The first-order valence-electron chi connectivity index (χ1n) is 5.44. The van der Waals surface area contributed by atoms with Gasteiger partial charge < -0.3 is 10.1 Å². The van der Waals surface area contributed by atoms with E-state index in [0.717, 1.165) is 12.1 Å². The molecule has 18 heavy (non-hydrogen) atoms. The molecule has 0 radical (unpaired) electrons. The van der Waals surface area contributed by atoms with E-state index in [1.54, 1.807) is 6.92 Å². The molecule has 1 fully saturated rings. The number of hydrogen-bond acceptors (Lipinski definition) is 2. The van der Waals surface area contributed by atoms with Crippen molar-refractivity contribution in [1.29, 1.82) is 0 Å². The molecular formula is C12H12F3NO2. The minimum atomic E-state index is -4.35. The fourth-order valence-electron chi connectivity index (χ4n) is 1.92. The van der Waals surface area contributed by atoms with E-state index in [1.165, 1.54) is 12.1 Å². The molecule has 0 spiro atoms. The van der Waals surface area contributed by atoms with Crippen LogP contribution in [0.4, 0.5) is 18.0 Å². The molecule has 3 nitrogen and oxygen atoms in total. The predicted octanol–water partition coefficient (Wildman–Crippen LogP) is 3.05. The van der Waals surface area contributed by atoms with E-state index in [2.05, 4.69) is 5.32 Å². The van der Waals surface area contributed by atoms with Gasteiger partial charge in [-0.15, -0.1) is 0 Å². The van der Waals surface area contributed by atoms with Crippen molar-refractivity contribution in [3.05, 3.63) is 35.4 Å². The normalized spacial score (nSPS) is 24.3. The van der Waals surface area contributed by atoms with Gasteiger partial charge in [-0.1, -0.05) is 12.1 Å². The van der Waals surface area contributed by atoms with Crippen LogP contribution in [0.15, 0.2) is 24.3 Å². The van der Waals surface area contributed by atoms with E-state index in [9.17, 15) is 18.0 Å². The molecule has 6 heteroatoms. The predicted molar refractivity (Wildman–Crippen MR) is 57.9 cm³/mol. The summed E-state index contributed by atoms with van der Waals surface area (Å²) in [6.07, 6.45) is -4.38. The van der Waals surface area contributed by atoms with Crippen molar-refractivity contribution in [2.75, 3.05) is 6.61 Å². The van der Waals surface area contributed by atoms with Crippen molar-refractivity contribution in [1.82, 2.24) is 5.32 Å². The van der Waals surface area contributed by atoms with Gasteiger partial charge >= 0.3 is 12.3 Å². The Morgan fingerprint density at radius 2 is 1.89 bits per heavy atom. The van der Waals surface area contributed by atoms with E-state index >= 15 is 0 Å². The number of alkyl halides is 3. The Balaban J connectivity index is 2.26. The fourth-order valence-corrected chi connectivity index (χ4v) is 1.92. The monoisotopic (exact) mass is 259 g/mol. The summed E-state index contributed by atoms with van der Waals surface area (Å²) in [4.78, 5) is 11.2. The lowest BCUT2D eigenvalue weighted by Gasteiger charge is -2.34. The molecule has 1 aliphatic heterocycles. The van der Waals surface area contributed by atoms with Gasteiger partial charge in [-0.05, 0) is 24.6 Å². The smallest absolute Gasteiger partial charge is 0.416 e. The van der Waals surface area contributed by atoms with Crippen molar-refractivity contribution in [2.45, 2.75) is 25.1 Å². The summed E-state index contributed by atoms with van der Waals surface area (Å²) in [5.41, 5.74) is -0.750. The summed E-state index contributed by atoms with van der Waals surface area (Å²) in [7, 11) is 0. The van der Waals surface area contributed by atoms with Crippen molar-refractivity contribution < 1.29 is 22.7 Å². The highest BCUT2D eigenvalue weighted by atomic mass is 19.4. The minimum absolute atomic E-state index is 0.253. The third-order valence-corrected chi connectivity index (χ3v) is 3.06. The van der Waals surface area contributed by atoms with Crippen LogP contribution in [-0.2, 0) is 16.5 Å². The Morgan fingerprint density at radius 1 is 1.28 bits per heavy atom. The number of rotatable bonds is 1. The van der Waals surface area contributed by atoms with E-state index in [-0.39, 0.29) is 6.61 Å². The molecule has 0 bridgehead atoms. The van der Waals surface area contributed by atoms with E-state index in [1.807, 2.05) is 0 Å². The molecule has 1 aliphatic rings. The molecule has 1 atom stereocenters. The maximum absolute atomic E-state index is 12.4. The van der Waals surface area contributed by atoms with E-state index < -0.39 is 23.4 Å². The quantitative estimate of drug-likeness (QED) is 0.841. The molecule has 1 unspecified atom stereocenters. The Morgan fingerprint density at radius 3 is 2.39 bits per heavy atom. The van der Waals surface area contributed by atoms with Gasteiger partial charge in [0.25, 0.3) is 0 Å². The van der Waals surface area contributed by atoms with Gasteiger partial charge in [0.05, 0.1) is 17.7 Å². The number of alkyl carbamates (subject to hydrolysis) is 1. The third-order valence-electron chi connectivity index (χ3n) is 3.06. The topological polar surface area (TPSA) is 38.3 Å². The molecule has 0 saturated carbocycles. The first-order chi connectivity index (χ1) is 8.31. The summed E-state index contributed by atoms with van der Waals surface area (Å²) in [6.45, 7) is 2.01. The van der Waals surface area contributed by atoms with Crippen LogP contribution in [0.3, 0.4) is 0 Å². The maximum atomic E-state index is 12.4. The van der Waals surface area contributed by atoms with Crippen molar-refractivity contribution in [3.8, 4) is 0 Å². The zero-order valence-electron chi connectivity index (χ0n) is 9.67. The lowest BCUT2D eigenvalue weighted by molar-refractivity contribution is -0.137. The second-order valence-electron chi connectivity index (χ2n) is 4.42. The number of hydrogen-bond donors (Lipinski definition) is 1. The summed E-state index contributed by atoms with van der Waals surface area (Å²) in [5, 5.41) is 2.62. The maximum Gasteiger partial charge on any atom is 0.416 e. The Labute approximate surface area is 102 Å². The zero-order chi connectivity index (χ0) is 13.4. The van der Waals surface area contributed by atoms with Gasteiger partial charge in [0.15, 0.2) is 0 Å². The first-order valence-corrected chi connectivity index (χ1v) is 5.44. The van der Waals surface area contributed by atoms with Crippen LogP contribution in [0.5, 0.6) is 0 Å². The van der Waals surface area contributed by atoms with Gasteiger partial charge in [-0.25, -0.2) is 4.79 Å². The number of benzene rings is 1. The highest BCUT2D eigenvalue weighted by Gasteiger charge is 2.35. The van der Waals surface area contributed by atoms with Gasteiger partial charge in [-0.3, -0.25) is 0 Å². The highest BCUT2D eigenvalue weighted by Crippen LogP contribution is 2.32. The number of cyclic esters (lactones) is 1. The summed E-state index contributed by atoms with van der Waals surface area (Å²) < 4.78 is 42.0. The highest BCUT2D eigenvalue weighted by molar-refractivity contribution is 5.69. The van der Waals surface area contributed by atoms with Gasteiger partial charge in [0.1, 0.15) is 0 Å². The van der Waals surface area contributed by atoms with Crippen LogP contribution in [0.2, 0.25) is 0 Å². The molecule has 98 valence electrons. The van der Waals surface area contributed by atoms with Gasteiger partial charge in [-0.2, -0.15) is 13.2 Å². The van der Waals surface area contributed by atoms with E-state index in [4.69, 9.17) is 4.74 Å². The number of amides is 1. The van der Waals surface area contributed by atoms with Crippen LogP contribution < -0.4 is 5.32 Å². The molecule has 1 aromatic carbocycles. The second-order valence-corrected chi connectivity index (χ2v) is 4.42. The average molecular weight is 259 g/mol. The largest absolute Gasteiger partial charge is 0.449 e. The number of halogens is 3. The van der Waals surface area contributed by atoms with Crippen LogP contribution in [-0.4, -0.2) is 12.7 Å². The van der Waals surface area contributed by atoms with Crippen LogP contribution >= 0.6 is 0 Å². The van der Waals surface area contributed by atoms with Gasteiger partial charge in [0, 0.05) is 6.42 Å². The Bertz CT molecular complexity index is 455. The van der Waals surface area contributed by atoms with Crippen molar-refractivity contribution >= 4 is 6.09 Å². The SMILES string of the molecule is CC1(c2ccc(C(F)(F)F)cc2)CCOC(=O)N1. The first kappa shape index (κ1) is 12.7. The van der Waals surface area contributed by atoms with Crippen LogP contribution in [0, 0.1) is 0 Å². The standard InChI is InChI=1S/C12H12F3NO2/c1-11(6-7-18-10(17)16-11)8-2-4-9(5-3-8)12(13,14)15/h2-5H,6-7H2,1H3,(H,16,17). The Kier molecular flexibility index (Phi) is 2.96.